The van der Waals surface area contributed by atoms with Crippen LogP contribution in [0.2, 0.25) is 0 Å². The predicted octanol–water partition coefficient (Wildman–Crippen LogP) is 3.08. The number of fused-ring (bicyclic) bond motifs is 1. The van der Waals surface area contributed by atoms with E-state index in [0.717, 1.165) is 6.07 Å². The fraction of sp³-hybridized carbons (Fsp3) is 0.300. The van der Waals surface area contributed by atoms with Crippen molar-refractivity contribution < 1.29 is 23.1 Å². The lowest BCUT2D eigenvalue weighted by molar-refractivity contribution is 0.0529. The van der Waals surface area contributed by atoms with E-state index >= 15 is 0 Å². The molecule has 2 aromatic heterocycles. The van der Waals surface area contributed by atoms with Crippen LogP contribution in [0.4, 0.5) is 31.0 Å². The van der Waals surface area contributed by atoms with Crippen molar-refractivity contribution in [1.82, 2.24) is 14.9 Å². The normalized spacial score (nSPS) is 14.0. The molecule has 3 heterocycles. The number of nitrogen functional groups attached to an aromatic ring is 1. The number of anilines is 3. The second kappa shape index (κ2) is 8.91. The van der Waals surface area contributed by atoms with Gasteiger partial charge in [-0.05, 0) is 19.1 Å². The molecule has 0 bridgehead atoms. The maximum absolute atomic E-state index is 13.8. The van der Waals surface area contributed by atoms with Crippen LogP contribution in [0.3, 0.4) is 0 Å². The number of benzene rings is 1. The van der Waals surface area contributed by atoms with E-state index in [9.17, 15) is 18.4 Å². The van der Waals surface area contributed by atoms with Crippen LogP contribution in [0.5, 0.6) is 0 Å². The maximum Gasteiger partial charge on any atom is 0.339 e. The van der Waals surface area contributed by atoms with Gasteiger partial charge in [-0.2, -0.15) is 4.98 Å². The molecule has 168 valence electrons. The van der Waals surface area contributed by atoms with E-state index in [4.69, 9.17) is 10.5 Å². The first-order valence-electron chi connectivity index (χ1n) is 9.85. The largest absolute Gasteiger partial charge is 0.462 e. The van der Waals surface area contributed by atoms with E-state index in [2.05, 4.69) is 15.3 Å². The van der Waals surface area contributed by atoms with Crippen molar-refractivity contribution in [3.05, 3.63) is 40.8 Å². The molecule has 1 saturated heterocycles. The molecule has 1 aliphatic rings. The minimum atomic E-state index is -0.847. The zero-order valence-corrected chi connectivity index (χ0v) is 17.9. The van der Waals surface area contributed by atoms with Crippen LogP contribution in [0.15, 0.2) is 23.6 Å². The summed E-state index contributed by atoms with van der Waals surface area (Å²) in [5.41, 5.74) is 6.14. The number of hydrogen-bond donors (Lipinski definition) is 2. The Morgan fingerprint density at radius 1 is 1.22 bits per heavy atom. The van der Waals surface area contributed by atoms with Crippen molar-refractivity contribution in [2.24, 2.45) is 0 Å². The average molecular weight is 462 g/mol. The average Bonchev–Trinajstić information content (AvgIpc) is 3.19. The molecule has 1 aromatic carbocycles. The first-order valence-corrected chi connectivity index (χ1v) is 10.7. The summed E-state index contributed by atoms with van der Waals surface area (Å²) in [6.07, 6.45) is 0. The quantitative estimate of drug-likeness (QED) is 0.573. The molecule has 0 atom stereocenters. The number of amides is 2. The summed E-state index contributed by atoms with van der Waals surface area (Å²) < 4.78 is 32.0. The highest BCUT2D eigenvalue weighted by Crippen LogP contribution is 2.33. The summed E-state index contributed by atoms with van der Waals surface area (Å²) >= 11 is 1.27. The fourth-order valence-electron chi connectivity index (χ4n) is 3.43. The Kier molecular flexibility index (Phi) is 6.04. The molecule has 3 N–H and O–H groups in total. The summed E-state index contributed by atoms with van der Waals surface area (Å²) in [5.74, 6) is -1.45. The van der Waals surface area contributed by atoms with Crippen LogP contribution in [-0.4, -0.2) is 59.7 Å². The van der Waals surface area contributed by atoms with Gasteiger partial charge in [0.25, 0.3) is 0 Å². The Morgan fingerprint density at radius 2 is 1.97 bits per heavy atom. The van der Waals surface area contributed by atoms with Crippen LogP contribution in [-0.2, 0) is 4.74 Å². The fourth-order valence-corrected chi connectivity index (χ4v) is 4.34. The van der Waals surface area contributed by atoms with E-state index < -0.39 is 23.6 Å². The highest BCUT2D eigenvalue weighted by Gasteiger charge is 2.27. The smallest absolute Gasteiger partial charge is 0.339 e. The summed E-state index contributed by atoms with van der Waals surface area (Å²) in [5, 5.41) is 4.69. The lowest BCUT2D eigenvalue weighted by Gasteiger charge is -2.35. The van der Waals surface area contributed by atoms with Gasteiger partial charge in [0.2, 0.25) is 5.95 Å². The Labute approximate surface area is 185 Å². The molecule has 0 spiro atoms. The molecular formula is C20H20F2N6O3S. The first kappa shape index (κ1) is 21.7. The Morgan fingerprint density at radius 3 is 2.66 bits per heavy atom. The highest BCUT2D eigenvalue weighted by atomic mass is 32.1. The van der Waals surface area contributed by atoms with Crippen LogP contribution in [0.1, 0.15) is 17.3 Å². The third kappa shape index (κ3) is 4.26. The van der Waals surface area contributed by atoms with Crippen molar-refractivity contribution in [2.45, 2.75) is 6.92 Å². The molecule has 12 heteroatoms. The van der Waals surface area contributed by atoms with E-state index in [-0.39, 0.29) is 18.2 Å². The minimum Gasteiger partial charge on any atom is -0.462 e. The standard InChI is InChI=1S/C20H20F2N6O3S/c1-2-31-18(29)12-10-32-17-15(12)16(25-19(23)26-17)27-5-7-28(8-6-27)20(30)24-14-4-3-11(21)9-13(14)22/h3-4,9-10H,2,5-8H2,1H3,(H,24,30)(H2,23,25,26). The van der Waals surface area contributed by atoms with Crippen molar-refractivity contribution in [3.8, 4) is 0 Å². The molecule has 3 aromatic rings. The number of rotatable bonds is 4. The number of halogens is 2. The van der Waals surface area contributed by atoms with Gasteiger partial charge in [-0.1, -0.05) is 0 Å². The number of esters is 1. The van der Waals surface area contributed by atoms with Crippen molar-refractivity contribution in [2.75, 3.05) is 48.7 Å². The van der Waals surface area contributed by atoms with Gasteiger partial charge < -0.3 is 25.6 Å². The number of piperazine rings is 1. The highest BCUT2D eigenvalue weighted by molar-refractivity contribution is 7.17. The summed E-state index contributed by atoms with van der Waals surface area (Å²) in [7, 11) is 0. The molecule has 32 heavy (non-hydrogen) atoms. The van der Waals surface area contributed by atoms with Gasteiger partial charge in [-0.3, -0.25) is 0 Å². The topological polar surface area (TPSA) is 114 Å². The number of urea groups is 1. The van der Waals surface area contributed by atoms with Crippen LogP contribution in [0, 0.1) is 11.6 Å². The first-order chi connectivity index (χ1) is 15.4. The molecule has 9 nitrogen and oxygen atoms in total. The van der Waals surface area contributed by atoms with Gasteiger partial charge >= 0.3 is 12.0 Å². The SMILES string of the molecule is CCOC(=O)c1csc2nc(N)nc(N3CCN(C(=O)Nc4ccc(F)cc4F)CC3)c12. The van der Waals surface area contributed by atoms with Crippen LogP contribution >= 0.6 is 11.3 Å². The van der Waals surface area contributed by atoms with Crippen LogP contribution in [0.25, 0.3) is 10.2 Å². The third-order valence-corrected chi connectivity index (χ3v) is 5.84. The number of hydrogen-bond acceptors (Lipinski definition) is 8. The van der Waals surface area contributed by atoms with Gasteiger partial charge in [0.05, 0.1) is 23.2 Å². The van der Waals surface area contributed by atoms with E-state index in [1.54, 1.807) is 12.3 Å². The van der Waals surface area contributed by atoms with E-state index in [1.807, 2.05) is 4.90 Å². The third-order valence-electron chi connectivity index (χ3n) is 4.97. The molecule has 0 saturated carbocycles. The number of carbonyl (C=O) groups is 2. The van der Waals surface area contributed by atoms with Crippen LogP contribution < -0.4 is 16.0 Å². The molecule has 0 unspecified atom stereocenters. The van der Waals surface area contributed by atoms with Gasteiger partial charge in [0, 0.05) is 37.6 Å². The lowest BCUT2D eigenvalue weighted by Crippen LogP contribution is -2.50. The summed E-state index contributed by atoms with van der Waals surface area (Å²) in [6.45, 7) is 3.41. The van der Waals surface area contributed by atoms with Crippen molar-refractivity contribution in [1.29, 1.82) is 0 Å². The van der Waals surface area contributed by atoms with Crippen molar-refractivity contribution in [3.63, 3.8) is 0 Å². The number of aromatic nitrogens is 2. The molecule has 1 aliphatic heterocycles. The molecule has 2 amide bonds. The number of nitrogens with zero attached hydrogens (tertiary/aromatic N) is 4. The Hall–Kier alpha value is -3.54. The second-order valence-corrected chi connectivity index (χ2v) is 7.84. The van der Waals surface area contributed by atoms with E-state index in [1.165, 1.54) is 22.3 Å². The van der Waals surface area contributed by atoms with E-state index in [0.29, 0.717) is 53.8 Å². The second-order valence-electron chi connectivity index (χ2n) is 6.98. The lowest BCUT2D eigenvalue weighted by atomic mass is 10.2. The molecule has 4 rings (SSSR count). The Balaban J connectivity index is 1.51. The number of nitrogens with one attached hydrogen (secondary N) is 1. The monoisotopic (exact) mass is 462 g/mol. The number of thiophene rings is 1. The zero-order chi connectivity index (χ0) is 22.8. The minimum absolute atomic E-state index is 0.0803. The molecule has 0 aliphatic carbocycles. The van der Waals surface area contributed by atoms with Gasteiger partial charge in [0.15, 0.2) is 0 Å². The zero-order valence-electron chi connectivity index (χ0n) is 17.1. The van der Waals surface area contributed by atoms with Gasteiger partial charge in [-0.15, -0.1) is 11.3 Å². The Bertz CT molecular complexity index is 1180. The number of nitrogens with two attached hydrogens (primary N) is 1. The molecule has 1 fully saturated rings. The predicted molar refractivity (Wildman–Crippen MR) is 117 cm³/mol. The maximum atomic E-state index is 13.8. The number of ether oxygens (including phenoxy) is 1. The number of carbonyl (C=O) groups excluding carboxylic acids is 2. The van der Waals surface area contributed by atoms with Gasteiger partial charge in [-0.25, -0.2) is 23.4 Å². The summed E-state index contributed by atoms with van der Waals surface area (Å²) in [4.78, 5) is 37.4. The van der Waals surface area contributed by atoms with Gasteiger partial charge in [0.1, 0.15) is 22.3 Å². The van der Waals surface area contributed by atoms with Crippen molar-refractivity contribution >= 4 is 51.0 Å². The summed E-state index contributed by atoms with van der Waals surface area (Å²) in [6, 6.07) is 2.46. The molecule has 0 radical (unpaired) electrons. The molecular weight excluding hydrogens is 442 g/mol.